The molecule has 2 aromatic carbocycles. The third-order valence-corrected chi connectivity index (χ3v) is 5.71. The van der Waals surface area contributed by atoms with Gasteiger partial charge in [0.1, 0.15) is 18.0 Å². The van der Waals surface area contributed by atoms with Crippen LogP contribution in [0.2, 0.25) is 0 Å². The van der Waals surface area contributed by atoms with E-state index in [-0.39, 0.29) is 11.8 Å². The second kappa shape index (κ2) is 6.99. The van der Waals surface area contributed by atoms with E-state index in [9.17, 15) is 4.39 Å². The molecule has 5 rings (SSSR count). The molecule has 1 aliphatic heterocycles. The largest absolute Gasteiger partial charge is 0.494 e. The van der Waals surface area contributed by atoms with Gasteiger partial charge in [0.15, 0.2) is 11.6 Å². The average molecular weight is 391 g/mol. The number of hydrogen-bond acceptors (Lipinski definition) is 5. The quantitative estimate of drug-likeness (QED) is 0.513. The predicted molar refractivity (Wildman–Crippen MR) is 111 cm³/mol. The molecule has 1 fully saturated rings. The summed E-state index contributed by atoms with van der Waals surface area (Å²) in [7, 11) is 1.47. The van der Waals surface area contributed by atoms with E-state index in [1.165, 1.54) is 19.5 Å². The van der Waals surface area contributed by atoms with E-state index in [2.05, 4.69) is 38.5 Å². The van der Waals surface area contributed by atoms with Gasteiger partial charge in [-0.2, -0.15) is 0 Å². The Hall–Kier alpha value is -3.22. The number of methoxy groups -OCH3 is 1. The lowest BCUT2D eigenvalue weighted by atomic mass is 10.1. The summed E-state index contributed by atoms with van der Waals surface area (Å²) in [5, 5.41) is 0.789. The van der Waals surface area contributed by atoms with Crippen molar-refractivity contribution in [3.8, 4) is 5.75 Å². The molecule has 1 atom stereocenters. The van der Waals surface area contributed by atoms with Crippen molar-refractivity contribution in [2.24, 2.45) is 0 Å². The molecule has 3 heterocycles. The minimum Gasteiger partial charge on any atom is -0.494 e. The zero-order valence-electron chi connectivity index (χ0n) is 16.5. The Morgan fingerprint density at radius 3 is 2.86 bits per heavy atom. The van der Waals surface area contributed by atoms with Crippen molar-refractivity contribution in [2.45, 2.75) is 32.4 Å². The number of hydrogen-bond donors (Lipinski definition) is 0. The number of para-hydroxylation sites is 2. The number of aryl methyl sites for hydroxylation is 1. The molecular weight excluding hydrogens is 369 g/mol. The first-order valence-electron chi connectivity index (χ1n) is 9.91. The zero-order valence-corrected chi connectivity index (χ0v) is 16.5. The minimum absolute atomic E-state index is 0.108. The lowest BCUT2D eigenvalue weighted by molar-refractivity contribution is 0.387. The molecule has 148 valence electrons. The highest BCUT2D eigenvalue weighted by Gasteiger charge is 2.32. The molecule has 6 nitrogen and oxygen atoms in total. The maximum Gasteiger partial charge on any atom is 0.167 e. The summed E-state index contributed by atoms with van der Waals surface area (Å²) in [4.78, 5) is 16.1. The molecule has 0 N–H and O–H groups in total. The Morgan fingerprint density at radius 2 is 2.03 bits per heavy atom. The highest BCUT2D eigenvalue weighted by Crippen LogP contribution is 2.39. The minimum atomic E-state index is -0.421. The first-order valence-corrected chi connectivity index (χ1v) is 9.91. The number of halogens is 1. The van der Waals surface area contributed by atoms with Crippen molar-refractivity contribution in [3.63, 3.8) is 0 Å². The summed E-state index contributed by atoms with van der Waals surface area (Å²) >= 11 is 0. The molecule has 7 heteroatoms. The summed E-state index contributed by atoms with van der Waals surface area (Å²) in [6.07, 6.45) is 3.54. The van der Waals surface area contributed by atoms with Crippen LogP contribution in [-0.4, -0.2) is 33.2 Å². The number of anilines is 1. The second-order valence-electron chi connectivity index (χ2n) is 7.26. The summed E-state index contributed by atoms with van der Waals surface area (Å²) in [5.41, 5.74) is 2.73. The molecule has 0 amide bonds. The van der Waals surface area contributed by atoms with E-state index in [1.54, 1.807) is 6.07 Å². The van der Waals surface area contributed by atoms with Crippen LogP contribution in [0.25, 0.3) is 21.9 Å². The summed E-state index contributed by atoms with van der Waals surface area (Å²) in [6, 6.07) is 11.4. The van der Waals surface area contributed by atoms with Gasteiger partial charge in [0.2, 0.25) is 0 Å². The zero-order chi connectivity index (χ0) is 20.0. The van der Waals surface area contributed by atoms with Gasteiger partial charge in [-0.1, -0.05) is 12.1 Å². The maximum atomic E-state index is 14.2. The summed E-state index contributed by atoms with van der Waals surface area (Å²) < 4.78 is 21.6. The number of imidazole rings is 1. The lowest BCUT2D eigenvalue weighted by Crippen LogP contribution is -2.26. The van der Waals surface area contributed by atoms with E-state index >= 15 is 0 Å². The van der Waals surface area contributed by atoms with E-state index in [1.807, 2.05) is 12.1 Å². The summed E-state index contributed by atoms with van der Waals surface area (Å²) in [5.74, 6) is 1.62. The normalized spacial score (nSPS) is 16.8. The molecule has 0 bridgehead atoms. The van der Waals surface area contributed by atoms with E-state index in [4.69, 9.17) is 9.72 Å². The fourth-order valence-electron chi connectivity index (χ4n) is 4.40. The molecule has 0 radical (unpaired) electrons. The van der Waals surface area contributed by atoms with Gasteiger partial charge in [0, 0.05) is 24.5 Å². The van der Waals surface area contributed by atoms with Gasteiger partial charge in [-0.3, -0.25) is 0 Å². The Balaban J connectivity index is 1.66. The molecule has 29 heavy (non-hydrogen) atoms. The maximum absolute atomic E-state index is 14.2. The molecule has 0 unspecified atom stereocenters. The number of fused-ring (bicyclic) bond motifs is 2. The first-order chi connectivity index (χ1) is 14.2. The van der Waals surface area contributed by atoms with Crippen LogP contribution in [0.5, 0.6) is 5.75 Å². The third kappa shape index (κ3) is 2.80. The van der Waals surface area contributed by atoms with Gasteiger partial charge in [-0.25, -0.2) is 19.3 Å². The van der Waals surface area contributed by atoms with Gasteiger partial charge in [0.25, 0.3) is 0 Å². The lowest BCUT2D eigenvalue weighted by Gasteiger charge is -2.27. The second-order valence-corrected chi connectivity index (χ2v) is 7.26. The molecule has 0 spiro atoms. The molecule has 4 aromatic rings. The van der Waals surface area contributed by atoms with Gasteiger partial charge in [0.05, 0.1) is 29.7 Å². The molecule has 0 aliphatic carbocycles. The monoisotopic (exact) mass is 391 g/mol. The molecule has 0 saturated carbocycles. The topological polar surface area (TPSA) is 56.1 Å². The standard InChI is InChI=1S/C22H22FN5O/c1-3-27-18-8-5-4-7-16(18)26-22(27)19-9-6-10-28(19)21-14-11-20(29-2)15(23)12-17(14)24-13-25-21/h4-5,7-8,11-13,19H,3,6,9-10H2,1-2H3/t19-/m1/s1. The van der Waals surface area contributed by atoms with Crippen LogP contribution in [0.1, 0.15) is 31.6 Å². The fourth-order valence-corrected chi connectivity index (χ4v) is 4.40. The third-order valence-electron chi connectivity index (χ3n) is 5.71. The van der Waals surface area contributed by atoms with Crippen molar-refractivity contribution in [3.05, 3.63) is 54.4 Å². The average Bonchev–Trinajstić information content (AvgIpc) is 3.36. The van der Waals surface area contributed by atoms with Crippen LogP contribution < -0.4 is 9.64 Å². The Bertz CT molecular complexity index is 1200. The Kier molecular flexibility index (Phi) is 4.30. The predicted octanol–water partition coefficient (Wildman–Crippen LogP) is 4.49. The van der Waals surface area contributed by atoms with Gasteiger partial charge in [-0.05, 0) is 38.0 Å². The fraction of sp³-hybridized carbons (Fsp3) is 0.318. The van der Waals surface area contributed by atoms with Gasteiger partial charge >= 0.3 is 0 Å². The SMILES string of the molecule is CCn1c([C@H]2CCCN2c2ncnc3cc(F)c(OC)cc23)nc2ccccc21. The van der Waals surface area contributed by atoms with Crippen molar-refractivity contribution in [1.82, 2.24) is 19.5 Å². The first kappa shape index (κ1) is 17.8. The number of benzene rings is 2. The molecule has 1 saturated heterocycles. The van der Waals surface area contributed by atoms with Crippen LogP contribution in [0.3, 0.4) is 0 Å². The molecular formula is C22H22FN5O. The highest BCUT2D eigenvalue weighted by atomic mass is 19.1. The highest BCUT2D eigenvalue weighted by molar-refractivity contribution is 5.91. The van der Waals surface area contributed by atoms with Crippen LogP contribution in [-0.2, 0) is 6.54 Å². The van der Waals surface area contributed by atoms with Crippen LogP contribution in [0, 0.1) is 5.82 Å². The molecule has 2 aromatic heterocycles. The van der Waals surface area contributed by atoms with Crippen molar-refractivity contribution >= 4 is 27.8 Å². The number of rotatable bonds is 4. The van der Waals surface area contributed by atoms with Gasteiger partial charge in [-0.15, -0.1) is 0 Å². The van der Waals surface area contributed by atoms with Crippen LogP contribution in [0.15, 0.2) is 42.7 Å². The van der Waals surface area contributed by atoms with Crippen LogP contribution >= 0.6 is 0 Å². The van der Waals surface area contributed by atoms with Gasteiger partial charge < -0.3 is 14.2 Å². The smallest absolute Gasteiger partial charge is 0.167 e. The number of ether oxygens (including phenoxy) is 1. The number of nitrogens with zero attached hydrogens (tertiary/aromatic N) is 5. The Labute approximate surface area is 168 Å². The van der Waals surface area contributed by atoms with Crippen molar-refractivity contribution in [1.29, 1.82) is 0 Å². The number of aromatic nitrogens is 4. The van der Waals surface area contributed by atoms with E-state index < -0.39 is 5.82 Å². The van der Waals surface area contributed by atoms with Crippen molar-refractivity contribution in [2.75, 3.05) is 18.6 Å². The van der Waals surface area contributed by atoms with Crippen molar-refractivity contribution < 1.29 is 9.13 Å². The van der Waals surface area contributed by atoms with E-state index in [0.717, 1.165) is 54.0 Å². The van der Waals surface area contributed by atoms with E-state index in [0.29, 0.717) is 5.52 Å². The Morgan fingerprint density at radius 1 is 1.17 bits per heavy atom. The molecule has 1 aliphatic rings. The van der Waals surface area contributed by atoms with Crippen LogP contribution in [0.4, 0.5) is 10.2 Å². The summed E-state index contributed by atoms with van der Waals surface area (Å²) in [6.45, 7) is 3.86.